The topological polar surface area (TPSA) is 66.9 Å². The van der Waals surface area contributed by atoms with E-state index in [4.69, 9.17) is 4.74 Å². The van der Waals surface area contributed by atoms with E-state index in [1.807, 2.05) is 24.3 Å². The molecule has 6 nitrogen and oxygen atoms in total. The van der Waals surface area contributed by atoms with Crippen molar-refractivity contribution in [2.45, 2.75) is 9.79 Å². The first-order chi connectivity index (χ1) is 13.5. The molecule has 0 unspecified atom stereocenters. The van der Waals surface area contributed by atoms with Crippen LogP contribution >= 0.6 is 11.8 Å². The highest BCUT2D eigenvalue weighted by Gasteiger charge is 2.31. The van der Waals surface area contributed by atoms with Crippen molar-refractivity contribution in [2.75, 3.05) is 43.5 Å². The van der Waals surface area contributed by atoms with Crippen LogP contribution in [0.3, 0.4) is 0 Å². The molecule has 0 aliphatic carbocycles. The summed E-state index contributed by atoms with van der Waals surface area (Å²) in [6.07, 6.45) is 0. The normalized spacial score (nSPS) is 18.0. The number of rotatable bonds is 3. The van der Waals surface area contributed by atoms with Gasteiger partial charge in [-0.15, -0.1) is 11.8 Å². The average Bonchev–Trinajstić information content (AvgIpc) is 2.73. The number of amides is 1. The lowest BCUT2D eigenvalue weighted by Gasteiger charge is -2.29. The fraction of sp³-hybridized carbons (Fsp3) is 0.316. The molecule has 1 saturated heterocycles. The Morgan fingerprint density at radius 2 is 1.82 bits per heavy atom. The maximum atomic E-state index is 14.4. The molecule has 2 aromatic rings. The van der Waals surface area contributed by atoms with Crippen molar-refractivity contribution in [3.8, 4) is 0 Å². The number of nitrogens with zero attached hydrogens (tertiary/aromatic N) is 2. The van der Waals surface area contributed by atoms with E-state index in [0.717, 1.165) is 28.5 Å². The summed E-state index contributed by atoms with van der Waals surface area (Å²) in [4.78, 5) is 15.2. The second-order valence-corrected chi connectivity index (χ2v) is 9.48. The van der Waals surface area contributed by atoms with Crippen LogP contribution in [-0.2, 0) is 14.8 Å². The van der Waals surface area contributed by atoms with Crippen molar-refractivity contribution < 1.29 is 22.3 Å². The standard InChI is InChI=1S/C19H19FN2O4S2/c20-15-6-5-14(13-18(15)28(24,25)21-7-10-26-11-8-21)19(23)22-9-12-27-17-4-2-1-3-16(17)22/h1-6,13H,7-12H2. The van der Waals surface area contributed by atoms with Gasteiger partial charge in [0, 0.05) is 35.8 Å². The average molecular weight is 423 g/mol. The first-order valence-electron chi connectivity index (χ1n) is 8.89. The summed E-state index contributed by atoms with van der Waals surface area (Å²) >= 11 is 1.67. The summed E-state index contributed by atoms with van der Waals surface area (Å²) in [5.74, 6) is -0.466. The summed E-state index contributed by atoms with van der Waals surface area (Å²) in [7, 11) is -4.04. The van der Waals surface area contributed by atoms with Crippen LogP contribution in [0.1, 0.15) is 10.4 Å². The molecular weight excluding hydrogens is 403 g/mol. The minimum Gasteiger partial charge on any atom is -0.379 e. The molecule has 0 N–H and O–H groups in total. The molecule has 4 rings (SSSR count). The lowest BCUT2D eigenvalue weighted by atomic mass is 10.1. The van der Waals surface area contributed by atoms with Crippen molar-refractivity contribution in [1.29, 1.82) is 0 Å². The van der Waals surface area contributed by atoms with E-state index in [0.29, 0.717) is 6.54 Å². The van der Waals surface area contributed by atoms with E-state index in [2.05, 4.69) is 0 Å². The van der Waals surface area contributed by atoms with Crippen LogP contribution in [-0.4, -0.2) is 57.2 Å². The number of benzene rings is 2. The fourth-order valence-corrected chi connectivity index (χ4v) is 5.79. The van der Waals surface area contributed by atoms with Gasteiger partial charge in [0.25, 0.3) is 5.91 Å². The lowest BCUT2D eigenvalue weighted by molar-refractivity contribution is 0.0729. The van der Waals surface area contributed by atoms with E-state index in [1.165, 1.54) is 10.4 Å². The molecule has 0 radical (unpaired) electrons. The van der Waals surface area contributed by atoms with E-state index in [-0.39, 0.29) is 37.8 Å². The van der Waals surface area contributed by atoms with E-state index in [9.17, 15) is 17.6 Å². The minimum atomic E-state index is -4.04. The van der Waals surface area contributed by atoms with Crippen molar-refractivity contribution in [3.63, 3.8) is 0 Å². The van der Waals surface area contributed by atoms with Crippen molar-refractivity contribution in [2.24, 2.45) is 0 Å². The van der Waals surface area contributed by atoms with Gasteiger partial charge in [-0.2, -0.15) is 4.31 Å². The summed E-state index contributed by atoms with van der Waals surface area (Å²) in [6.45, 7) is 1.36. The van der Waals surface area contributed by atoms with Crippen molar-refractivity contribution in [3.05, 3.63) is 53.8 Å². The van der Waals surface area contributed by atoms with Gasteiger partial charge in [-0.25, -0.2) is 12.8 Å². The highest BCUT2D eigenvalue weighted by molar-refractivity contribution is 7.99. The largest absolute Gasteiger partial charge is 0.379 e. The number of ether oxygens (including phenoxy) is 1. The number of thioether (sulfide) groups is 1. The summed E-state index contributed by atoms with van der Waals surface area (Å²) < 4.78 is 46.5. The molecule has 0 saturated carbocycles. The molecule has 28 heavy (non-hydrogen) atoms. The molecule has 148 valence electrons. The molecule has 2 heterocycles. The molecule has 1 fully saturated rings. The molecule has 0 atom stereocenters. The predicted octanol–water partition coefficient (Wildman–Crippen LogP) is 2.60. The quantitative estimate of drug-likeness (QED) is 0.761. The molecule has 0 spiro atoms. The Kier molecular flexibility index (Phi) is 5.42. The minimum absolute atomic E-state index is 0.148. The summed E-state index contributed by atoms with van der Waals surface area (Å²) in [6, 6.07) is 11.1. The van der Waals surface area contributed by atoms with Crippen LogP contribution < -0.4 is 4.90 Å². The van der Waals surface area contributed by atoms with Crippen LogP contribution in [0.4, 0.5) is 10.1 Å². The number of carbonyl (C=O) groups excluding carboxylic acids is 1. The number of morpholine rings is 1. The number of hydrogen-bond donors (Lipinski definition) is 0. The monoisotopic (exact) mass is 422 g/mol. The van der Waals surface area contributed by atoms with Gasteiger partial charge in [-0.3, -0.25) is 4.79 Å². The van der Waals surface area contributed by atoms with Gasteiger partial charge in [-0.05, 0) is 30.3 Å². The van der Waals surface area contributed by atoms with Gasteiger partial charge in [0.15, 0.2) is 0 Å². The zero-order valence-corrected chi connectivity index (χ0v) is 16.6. The Bertz CT molecular complexity index is 1010. The molecular formula is C19H19FN2O4S2. The number of para-hydroxylation sites is 1. The second kappa shape index (κ2) is 7.82. The Morgan fingerprint density at radius 1 is 1.07 bits per heavy atom. The Morgan fingerprint density at radius 3 is 2.61 bits per heavy atom. The smallest absolute Gasteiger partial charge is 0.258 e. The van der Waals surface area contributed by atoms with E-state index >= 15 is 0 Å². The SMILES string of the molecule is O=C(c1ccc(F)c(S(=O)(=O)N2CCOCC2)c1)N1CCSc2ccccc21. The fourth-order valence-electron chi connectivity index (χ4n) is 3.30. The number of carbonyl (C=O) groups is 1. The highest BCUT2D eigenvalue weighted by atomic mass is 32.2. The first-order valence-corrected chi connectivity index (χ1v) is 11.3. The predicted molar refractivity (Wildman–Crippen MR) is 105 cm³/mol. The highest BCUT2D eigenvalue weighted by Crippen LogP contribution is 2.35. The Hall–Kier alpha value is -1.94. The van der Waals surface area contributed by atoms with Crippen LogP contribution in [0.2, 0.25) is 0 Å². The molecule has 0 bridgehead atoms. The van der Waals surface area contributed by atoms with Gasteiger partial charge in [0.05, 0.1) is 18.9 Å². The van der Waals surface area contributed by atoms with Gasteiger partial charge in [-0.1, -0.05) is 12.1 Å². The number of fused-ring (bicyclic) bond motifs is 1. The van der Waals surface area contributed by atoms with E-state index in [1.54, 1.807) is 16.7 Å². The lowest BCUT2D eigenvalue weighted by Crippen LogP contribution is -2.41. The van der Waals surface area contributed by atoms with Gasteiger partial charge < -0.3 is 9.64 Å². The molecule has 2 aliphatic heterocycles. The second-order valence-electron chi connectivity index (χ2n) is 6.43. The number of sulfonamides is 1. The molecule has 0 aromatic heterocycles. The Balaban J connectivity index is 1.69. The molecule has 2 aromatic carbocycles. The van der Waals surface area contributed by atoms with Crippen LogP contribution in [0.5, 0.6) is 0 Å². The third-order valence-corrected chi connectivity index (χ3v) is 7.70. The van der Waals surface area contributed by atoms with Gasteiger partial charge in [0.1, 0.15) is 10.7 Å². The maximum absolute atomic E-state index is 14.4. The maximum Gasteiger partial charge on any atom is 0.258 e. The van der Waals surface area contributed by atoms with Crippen molar-refractivity contribution >= 4 is 33.4 Å². The van der Waals surface area contributed by atoms with Crippen LogP contribution in [0.25, 0.3) is 0 Å². The number of halogens is 1. The van der Waals surface area contributed by atoms with Gasteiger partial charge >= 0.3 is 0 Å². The number of anilines is 1. The molecule has 9 heteroatoms. The van der Waals surface area contributed by atoms with Crippen LogP contribution in [0, 0.1) is 5.82 Å². The zero-order valence-electron chi connectivity index (χ0n) is 15.0. The molecule has 2 aliphatic rings. The third-order valence-electron chi connectivity index (χ3n) is 4.74. The number of hydrogen-bond acceptors (Lipinski definition) is 5. The zero-order chi connectivity index (χ0) is 19.7. The summed E-state index contributed by atoms with van der Waals surface area (Å²) in [5.41, 5.74) is 0.931. The first kappa shape index (κ1) is 19.4. The Labute approximate surface area is 167 Å². The third kappa shape index (κ3) is 3.55. The van der Waals surface area contributed by atoms with Crippen molar-refractivity contribution in [1.82, 2.24) is 4.31 Å². The summed E-state index contributed by atoms with van der Waals surface area (Å²) in [5, 5.41) is 0. The van der Waals surface area contributed by atoms with Gasteiger partial charge in [0.2, 0.25) is 10.0 Å². The van der Waals surface area contributed by atoms with Crippen LogP contribution in [0.15, 0.2) is 52.3 Å². The molecule has 1 amide bonds. The van der Waals surface area contributed by atoms with E-state index < -0.39 is 20.7 Å².